The number of nitrogens with zero attached hydrogens (tertiary/aromatic N) is 2. The molecule has 0 atom stereocenters. The van der Waals surface area contributed by atoms with Crippen molar-refractivity contribution in [2.75, 3.05) is 27.2 Å². The molecule has 0 unspecified atom stereocenters. The number of hydrogen-bond acceptors (Lipinski definition) is 4. The van der Waals surface area contributed by atoms with Crippen molar-refractivity contribution in [2.24, 2.45) is 0 Å². The molecule has 6 heteroatoms. The van der Waals surface area contributed by atoms with Crippen LogP contribution in [0.2, 0.25) is 0 Å². The molecule has 0 saturated heterocycles. The number of rotatable bonds is 6. The fourth-order valence-electron chi connectivity index (χ4n) is 1.74. The minimum atomic E-state index is -0.346. The van der Waals surface area contributed by atoms with Crippen molar-refractivity contribution in [3.8, 4) is 5.69 Å². The lowest BCUT2D eigenvalue weighted by Crippen LogP contribution is -2.41. The van der Waals surface area contributed by atoms with E-state index in [-0.39, 0.29) is 5.63 Å². The van der Waals surface area contributed by atoms with Crippen LogP contribution in [-0.4, -0.2) is 37.4 Å². The van der Waals surface area contributed by atoms with E-state index < -0.39 is 0 Å². The topological polar surface area (TPSA) is 65.2 Å². The van der Waals surface area contributed by atoms with E-state index in [0.29, 0.717) is 12.2 Å². The number of para-hydroxylation sites is 1. The standard InChI is InChI=1S/C13H18N4O2/c1-16(2)9-8-14-10-12-13(18)19-15-17(12)11-6-4-3-5-7-11/h3-7,14H,8-10H2,1-2H3/p+1. The van der Waals surface area contributed by atoms with Crippen LogP contribution in [0.15, 0.2) is 39.6 Å². The molecule has 1 aromatic carbocycles. The second-order valence-electron chi connectivity index (χ2n) is 4.58. The number of aromatic amines is 1. The van der Waals surface area contributed by atoms with Gasteiger partial charge in [-0.05, 0) is 24.0 Å². The van der Waals surface area contributed by atoms with Gasteiger partial charge >= 0.3 is 11.3 Å². The first-order valence-electron chi connectivity index (χ1n) is 6.22. The quantitative estimate of drug-likeness (QED) is 0.564. The Morgan fingerprint density at radius 2 is 2.05 bits per heavy atom. The maximum absolute atomic E-state index is 11.7. The largest absolute Gasteiger partial charge is 0.431 e. The molecule has 0 aliphatic heterocycles. The van der Waals surface area contributed by atoms with Crippen molar-refractivity contribution in [3.63, 3.8) is 0 Å². The summed E-state index contributed by atoms with van der Waals surface area (Å²) in [5.41, 5.74) is 1.09. The van der Waals surface area contributed by atoms with E-state index in [1.165, 1.54) is 0 Å². The van der Waals surface area contributed by atoms with Gasteiger partial charge in [0.15, 0.2) is 0 Å². The van der Waals surface area contributed by atoms with Crippen molar-refractivity contribution in [1.29, 1.82) is 0 Å². The zero-order chi connectivity index (χ0) is 13.7. The number of nitrogens with one attached hydrogen (secondary N) is 2. The van der Waals surface area contributed by atoms with E-state index in [1.807, 2.05) is 44.4 Å². The van der Waals surface area contributed by atoms with Crippen molar-refractivity contribution in [1.82, 2.24) is 15.5 Å². The van der Waals surface area contributed by atoms with Crippen LogP contribution in [0, 0.1) is 0 Å². The second-order valence-corrected chi connectivity index (χ2v) is 4.58. The van der Waals surface area contributed by atoms with Gasteiger partial charge in [-0.15, -0.1) is 0 Å². The molecule has 0 aliphatic rings. The highest BCUT2D eigenvalue weighted by atomic mass is 16.5. The average Bonchev–Trinajstić information content (AvgIpc) is 2.77. The van der Waals surface area contributed by atoms with Gasteiger partial charge in [-0.2, -0.15) is 0 Å². The number of benzene rings is 1. The van der Waals surface area contributed by atoms with Crippen LogP contribution in [0.5, 0.6) is 0 Å². The zero-order valence-electron chi connectivity index (χ0n) is 11.2. The van der Waals surface area contributed by atoms with Crippen LogP contribution in [0.4, 0.5) is 0 Å². The monoisotopic (exact) mass is 263 g/mol. The number of aromatic nitrogens is 2. The molecule has 0 radical (unpaired) electrons. The fraction of sp³-hybridized carbons (Fsp3) is 0.385. The van der Waals surface area contributed by atoms with Gasteiger partial charge in [0.2, 0.25) is 5.69 Å². The lowest BCUT2D eigenvalue weighted by molar-refractivity contribution is -0.677. The van der Waals surface area contributed by atoms with Gasteiger partial charge in [0.05, 0.1) is 6.54 Å². The molecule has 0 bridgehead atoms. The third-order valence-electron chi connectivity index (χ3n) is 2.78. The van der Waals surface area contributed by atoms with E-state index in [1.54, 1.807) is 4.68 Å². The van der Waals surface area contributed by atoms with Crippen LogP contribution in [0.1, 0.15) is 5.69 Å². The van der Waals surface area contributed by atoms with E-state index in [0.717, 1.165) is 18.8 Å². The molecule has 102 valence electrons. The summed E-state index contributed by atoms with van der Waals surface area (Å²) in [4.78, 5) is 13.8. The van der Waals surface area contributed by atoms with Crippen molar-refractivity contribution in [2.45, 2.75) is 6.54 Å². The average molecular weight is 263 g/mol. The van der Waals surface area contributed by atoms with Crippen LogP contribution in [-0.2, 0) is 6.54 Å². The Hall–Kier alpha value is -1.92. The van der Waals surface area contributed by atoms with Crippen LogP contribution in [0.25, 0.3) is 5.69 Å². The predicted molar refractivity (Wildman–Crippen MR) is 71.1 cm³/mol. The summed E-state index contributed by atoms with van der Waals surface area (Å²) in [5.74, 6) is 0. The zero-order valence-corrected chi connectivity index (χ0v) is 11.2. The normalized spacial score (nSPS) is 11.1. The Balaban J connectivity index is 2.08. The predicted octanol–water partition coefficient (Wildman–Crippen LogP) is -0.104. The van der Waals surface area contributed by atoms with Crippen LogP contribution < -0.4 is 15.6 Å². The molecule has 0 spiro atoms. The highest BCUT2D eigenvalue weighted by Gasteiger charge is 2.22. The molecule has 1 aromatic heterocycles. The van der Waals surface area contributed by atoms with Gasteiger partial charge in [0.25, 0.3) is 0 Å². The number of H-pyrrole nitrogens is 1. The van der Waals surface area contributed by atoms with Crippen molar-refractivity contribution >= 4 is 0 Å². The van der Waals surface area contributed by atoms with Gasteiger partial charge in [0.1, 0.15) is 0 Å². The Morgan fingerprint density at radius 1 is 1.32 bits per heavy atom. The lowest BCUT2D eigenvalue weighted by Gasteiger charge is -2.08. The van der Waals surface area contributed by atoms with Crippen molar-refractivity contribution < 1.29 is 9.20 Å². The highest BCUT2D eigenvalue weighted by Crippen LogP contribution is 1.97. The number of likely N-dealkylation sites (N-methyl/N-ethyl adjacent to an activating group) is 1. The summed E-state index contributed by atoms with van der Waals surface area (Å²) >= 11 is 0. The molecule has 0 aliphatic carbocycles. The molecule has 0 saturated carbocycles. The molecule has 0 amide bonds. The first-order valence-corrected chi connectivity index (χ1v) is 6.22. The molecule has 6 nitrogen and oxygen atoms in total. The summed E-state index contributed by atoms with van der Waals surface area (Å²) in [5, 5.41) is 5.85. The molecule has 2 aromatic rings. The molecule has 0 fully saturated rings. The third-order valence-corrected chi connectivity index (χ3v) is 2.78. The maximum atomic E-state index is 11.7. The molecule has 1 heterocycles. The maximum Gasteiger partial charge on any atom is 0.431 e. The van der Waals surface area contributed by atoms with Crippen LogP contribution >= 0.6 is 0 Å². The first-order chi connectivity index (χ1) is 9.18. The van der Waals surface area contributed by atoms with Gasteiger partial charge < -0.3 is 10.2 Å². The van der Waals surface area contributed by atoms with Crippen molar-refractivity contribution in [3.05, 3.63) is 46.4 Å². The molecule has 19 heavy (non-hydrogen) atoms. The first kappa shape index (κ1) is 13.5. The van der Waals surface area contributed by atoms with Gasteiger partial charge in [0, 0.05) is 25.2 Å². The smallest absolute Gasteiger partial charge is 0.308 e. The van der Waals surface area contributed by atoms with Gasteiger partial charge in [-0.1, -0.05) is 18.2 Å². The summed E-state index contributed by atoms with van der Waals surface area (Å²) in [6.07, 6.45) is 0. The fourth-order valence-corrected chi connectivity index (χ4v) is 1.74. The Morgan fingerprint density at radius 3 is 2.74 bits per heavy atom. The van der Waals surface area contributed by atoms with E-state index >= 15 is 0 Å². The highest BCUT2D eigenvalue weighted by molar-refractivity contribution is 5.21. The Kier molecular flexibility index (Phi) is 4.48. The van der Waals surface area contributed by atoms with E-state index in [9.17, 15) is 4.79 Å². The van der Waals surface area contributed by atoms with E-state index in [4.69, 9.17) is 4.52 Å². The number of hydrogen-bond donors (Lipinski definition) is 2. The van der Waals surface area contributed by atoms with Gasteiger partial charge in [-0.3, -0.25) is 4.52 Å². The summed E-state index contributed by atoms with van der Waals surface area (Å²) in [6, 6.07) is 9.58. The Bertz CT molecular complexity index is 560. The lowest BCUT2D eigenvalue weighted by atomic mass is 10.3. The molecular formula is C13H19N4O2+. The summed E-state index contributed by atoms with van der Waals surface area (Å²) < 4.78 is 6.52. The summed E-state index contributed by atoms with van der Waals surface area (Å²) in [7, 11) is 4.02. The minimum absolute atomic E-state index is 0.346. The molecular weight excluding hydrogens is 244 g/mol. The SMILES string of the molecule is CN(C)CCNCc1c(=O)o[nH][n+]1-c1ccccc1. The van der Waals surface area contributed by atoms with Gasteiger partial charge in [-0.25, -0.2) is 4.79 Å². The van der Waals surface area contributed by atoms with E-state index in [2.05, 4.69) is 15.5 Å². The minimum Gasteiger partial charge on any atom is -0.308 e. The molecule has 2 rings (SSSR count). The second kappa shape index (κ2) is 6.31. The van der Waals surface area contributed by atoms with Crippen LogP contribution in [0.3, 0.4) is 0 Å². The summed E-state index contributed by atoms with van der Waals surface area (Å²) in [6.45, 7) is 2.20. The Labute approximate surface area is 111 Å². The third kappa shape index (κ3) is 3.52. The molecule has 2 N–H and O–H groups in total.